The molecule has 0 saturated heterocycles. The SMILES string of the molecule is N[C@@H](Cc1ccc(O)cc1)C(=O)N[C@@H](CS)C(=O)N[C@@H](Cc1cnc[nH]1)C(=O)O. The number of H-pyrrole nitrogens is 1. The molecule has 156 valence electrons. The van der Waals surface area contributed by atoms with E-state index < -0.39 is 35.9 Å². The molecule has 0 fully saturated rings. The zero-order chi connectivity index (χ0) is 21.4. The molecular weight excluding hydrogens is 398 g/mol. The molecule has 29 heavy (non-hydrogen) atoms. The summed E-state index contributed by atoms with van der Waals surface area (Å²) < 4.78 is 0. The van der Waals surface area contributed by atoms with Gasteiger partial charge in [-0.1, -0.05) is 12.1 Å². The average molecular weight is 421 g/mol. The minimum atomic E-state index is -1.22. The lowest BCUT2D eigenvalue weighted by molar-refractivity contribution is -0.142. The number of carbonyl (C=O) groups excluding carboxylic acids is 2. The van der Waals surface area contributed by atoms with Gasteiger partial charge in [0, 0.05) is 24.1 Å². The van der Waals surface area contributed by atoms with Gasteiger partial charge < -0.3 is 31.6 Å². The van der Waals surface area contributed by atoms with Crippen LogP contribution in [0.4, 0.5) is 0 Å². The van der Waals surface area contributed by atoms with Gasteiger partial charge in [0.25, 0.3) is 0 Å². The Hall–Kier alpha value is -3.05. The van der Waals surface area contributed by atoms with Gasteiger partial charge in [-0.15, -0.1) is 0 Å². The number of thiol groups is 1. The number of phenolic OH excluding ortho intramolecular Hbond substituents is 1. The maximum absolute atomic E-state index is 12.4. The van der Waals surface area contributed by atoms with Crippen LogP contribution in [-0.2, 0) is 27.2 Å². The number of aliphatic carboxylic acids is 1. The van der Waals surface area contributed by atoms with Crippen molar-refractivity contribution in [1.29, 1.82) is 0 Å². The number of imidazole rings is 1. The molecule has 1 aromatic carbocycles. The average Bonchev–Trinajstić information content (AvgIpc) is 3.20. The Morgan fingerprint density at radius 1 is 1.10 bits per heavy atom. The van der Waals surface area contributed by atoms with Gasteiger partial charge in [-0.3, -0.25) is 9.59 Å². The molecule has 0 unspecified atom stereocenters. The number of benzene rings is 1. The number of amides is 2. The fraction of sp³-hybridized carbons (Fsp3) is 0.333. The Labute approximate surface area is 172 Å². The summed E-state index contributed by atoms with van der Waals surface area (Å²) in [5.41, 5.74) is 7.17. The summed E-state index contributed by atoms with van der Waals surface area (Å²) in [5.74, 6) is -2.42. The molecule has 3 atom stereocenters. The molecule has 0 spiro atoms. The number of aromatic amines is 1. The third-order valence-corrected chi connectivity index (χ3v) is 4.50. The van der Waals surface area contributed by atoms with E-state index in [-0.39, 0.29) is 24.3 Å². The van der Waals surface area contributed by atoms with Crippen molar-refractivity contribution < 1.29 is 24.6 Å². The Kier molecular flexibility index (Phi) is 8.04. The highest BCUT2D eigenvalue weighted by Crippen LogP contribution is 2.11. The number of carboxylic acid groups (broad SMARTS) is 1. The van der Waals surface area contributed by atoms with Crippen LogP contribution in [0.2, 0.25) is 0 Å². The number of hydrogen-bond donors (Lipinski definition) is 7. The van der Waals surface area contributed by atoms with Gasteiger partial charge >= 0.3 is 5.97 Å². The number of rotatable bonds is 10. The van der Waals surface area contributed by atoms with Crippen molar-refractivity contribution in [3.63, 3.8) is 0 Å². The van der Waals surface area contributed by atoms with E-state index >= 15 is 0 Å². The number of aromatic nitrogens is 2. The molecule has 0 saturated carbocycles. The number of hydrogen-bond acceptors (Lipinski definition) is 7. The minimum absolute atomic E-state index is 0.00861. The highest BCUT2D eigenvalue weighted by atomic mass is 32.1. The van der Waals surface area contributed by atoms with Gasteiger partial charge in [0.2, 0.25) is 11.8 Å². The fourth-order valence-electron chi connectivity index (χ4n) is 2.54. The van der Waals surface area contributed by atoms with Crippen LogP contribution in [0.25, 0.3) is 0 Å². The first-order chi connectivity index (χ1) is 13.8. The molecule has 1 heterocycles. The second-order valence-electron chi connectivity index (χ2n) is 6.40. The first-order valence-electron chi connectivity index (χ1n) is 8.75. The maximum Gasteiger partial charge on any atom is 0.326 e. The first kappa shape index (κ1) is 22.2. The van der Waals surface area contributed by atoms with Gasteiger partial charge in [-0.2, -0.15) is 12.6 Å². The van der Waals surface area contributed by atoms with Crippen molar-refractivity contribution >= 4 is 30.4 Å². The lowest BCUT2D eigenvalue weighted by Gasteiger charge is -2.21. The lowest BCUT2D eigenvalue weighted by Crippen LogP contribution is -2.55. The third kappa shape index (κ3) is 6.80. The van der Waals surface area contributed by atoms with Crippen molar-refractivity contribution in [2.75, 3.05) is 5.75 Å². The van der Waals surface area contributed by atoms with E-state index in [2.05, 4.69) is 33.2 Å². The summed E-state index contributed by atoms with van der Waals surface area (Å²) in [6.45, 7) is 0. The van der Waals surface area contributed by atoms with Gasteiger partial charge in [0.15, 0.2) is 0 Å². The topological polar surface area (TPSA) is 170 Å². The summed E-state index contributed by atoms with van der Waals surface area (Å²) in [7, 11) is 0. The molecule has 10 nitrogen and oxygen atoms in total. The monoisotopic (exact) mass is 421 g/mol. The summed E-state index contributed by atoms with van der Waals surface area (Å²) in [6.07, 6.45) is 3.07. The molecule has 0 aliphatic carbocycles. The fourth-order valence-corrected chi connectivity index (χ4v) is 2.80. The summed E-state index contributed by atoms with van der Waals surface area (Å²) in [4.78, 5) is 42.8. The van der Waals surface area contributed by atoms with E-state index in [0.29, 0.717) is 5.69 Å². The quantitative estimate of drug-likeness (QED) is 0.246. The van der Waals surface area contributed by atoms with Crippen LogP contribution in [0.5, 0.6) is 5.75 Å². The highest BCUT2D eigenvalue weighted by molar-refractivity contribution is 7.80. The van der Waals surface area contributed by atoms with Gasteiger partial charge in [0.05, 0.1) is 12.4 Å². The van der Waals surface area contributed by atoms with Crippen LogP contribution in [0.3, 0.4) is 0 Å². The van der Waals surface area contributed by atoms with Crippen LogP contribution < -0.4 is 16.4 Å². The number of phenols is 1. The smallest absolute Gasteiger partial charge is 0.326 e. The molecule has 0 radical (unpaired) electrons. The predicted octanol–water partition coefficient (Wildman–Crippen LogP) is -0.788. The normalized spacial score (nSPS) is 13.9. The van der Waals surface area contributed by atoms with Gasteiger partial charge in [-0.05, 0) is 24.1 Å². The summed E-state index contributed by atoms with van der Waals surface area (Å²) in [5, 5.41) is 23.5. The van der Waals surface area contributed by atoms with Crippen molar-refractivity contribution in [3.05, 3.63) is 48.0 Å². The largest absolute Gasteiger partial charge is 0.508 e. The van der Waals surface area contributed by atoms with Crippen molar-refractivity contribution in [1.82, 2.24) is 20.6 Å². The Bertz CT molecular complexity index is 828. The second-order valence-corrected chi connectivity index (χ2v) is 6.77. The Morgan fingerprint density at radius 3 is 2.31 bits per heavy atom. The number of nitrogens with one attached hydrogen (secondary N) is 3. The predicted molar refractivity (Wildman–Crippen MR) is 107 cm³/mol. The number of carboxylic acids is 1. The zero-order valence-corrected chi connectivity index (χ0v) is 16.3. The van der Waals surface area contributed by atoms with E-state index in [4.69, 9.17) is 5.73 Å². The van der Waals surface area contributed by atoms with E-state index in [1.54, 1.807) is 12.1 Å². The Balaban J connectivity index is 1.93. The third-order valence-electron chi connectivity index (χ3n) is 4.14. The minimum Gasteiger partial charge on any atom is -0.508 e. The van der Waals surface area contributed by atoms with Crippen LogP contribution >= 0.6 is 12.6 Å². The molecule has 11 heteroatoms. The van der Waals surface area contributed by atoms with E-state index in [0.717, 1.165) is 5.56 Å². The number of nitrogens with two attached hydrogens (primary N) is 1. The zero-order valence-electron chi connectivity index (χ0n) is 15.4. The summed E-state index contributed by atoms with van der Waals surface area (Å²) in [6, 6.07) is 3.05. The first-order valence-corrected chi connectivity index (χ1v) is 9.38. The van der Waals surface area contributed by atoms with Gasteiger partial charge in [-0.25, -0.2) is 9.78 Å². The number of aromatic hydroxyl groups is 1. The van der Waals surface area contributed by atoms with Gasteiger partial charge in [0.1, 0.15) is 17.8 Å². The molecule has 2 aromatic rings. The van der Waals surface area contributed by atoms with Crippen molar-refractivity contribution in [3.8, 4) is 5.75 Å². The molecule has 2 amide bonds. The number of nitrogens with zero attached hydrogens (tertiary/aromatic N) is 1. The molecule has 7 N–H and O–H groups in total. The second kappa shape index (κ2) is 10.5. The van der Waals surface area contributed by atoms with E-state index in [1.165, 1.54) is 24.7 Å². The Morgan fingerprint density at radius 2 is 1.76 bits per heavy atom. The number of carbonyl (C=O) groups is 3. The molecule has 0 bridgehead atoms. The van der Waals surface area contributed by atoms with Crippen molar-refractivity contribution in [2.24, 2.45) is 5.73 Å². The standard InChI is InChI=1S/C18H23N5O5S/c19-13(5-10-1-3-12(24)4-2-10)16(25)23-15(8-29)17(26)22-14(18(27)28)6-11-7-20-9-21-11/h1-4,7,9,13-15,24,29H,5-6,8,19H2,(H,20,21)(H,22,26)(H,23,25)(H,27,28)/t13-,14-,15-/m0/s1. The van der Waals surface area contributed by atoms with E-state index in [9.17, 15) is 24.6 Å². The van der Waals surface area contributed by atoms with Crippen LogP contribution in [0.1, 0.15) is 11.3 Å². The lowest BCUT2D eigenvalue weighted by atomic mass is 10.1. The molecule has 0 aliphatic rings. The van der Waals surface area contributed by atoms with Crippen LogP contribution in [0, 0.1) is 0 Å². The van der Waals surface area contributed by atoms with Crippen LogP contribution in [0.15, 0.2) is 36.8 Å². The van der Waals surface area contributed by atoms with Crippen LogP contribution in [-0.4, -0.2) is 61.8 Å². The van der Waals surface area contributed by atoms with E-state index in [1.807, 2.05) is 0 Å². The maximum atomic E-state index is 12.4. The van der Waals surface area contributed by atoms with Crippen molar-refractivity contribution in [2.45, 2.75) is 31.0 Å². The molecule has 1 aromatic heterocycles. The molecular formula is C18H23N5O5S. The molecule has 2 rings (SSSR count). The highest BCUT2D eigenvalue weighted by Gasteiger charge is 2.27. The molecule has 0 aliphatic heterocycles. The summed E-state index contributed by atoms with van der Waals surface area (Å²) >= 11 is 4.06.